The fourth-order valence-electron chi connectivity index (χ4n) is 2.06. The number of nitrogens with two attached hydrogens (primary N) is 1. The van der Waals surface area contributed by atoms with Gasteiger partial charge in [0.2, 0.25) is 10.0 Å². The average Bonchev–Trinajstić information content (AvgIpc) is 2.33. The second-order valence-corrected chi connectivity index (χ2v) is 6.95. The average molecular weight is 284 g/mol. The molecule has 1 aromatic rings. The molecule has 1 aromatic carbocycles. The van der Waals surface area contributed by atoms with Crippen LogP contribution in [-0.2, 0) is 10.0 Å². The van der Waals surface area contributed by atoms with Crippen LogP contribution in [0, 0.1) is 26.7 Å². The Labute approximate surface area is 116 Å². The van der Waals surface area contributed by atoms with Gasteiger partial charge in [-0.25, -0.2) is 13.1 Å². The zero-order chi connectivity index (χ0) is 14.8. The summed E-state index contributed by atoms with van der Waals surface area (Å²) in [6.07, 6.45) is 0.941. The van der Waals surface area contributed by atoms with E-state index in [0.29, 0.717) is 28.6 Å². The predicted octanol–water partition coefficient (Wildman–Crippen LogP) is 2.52. The third kappa shape index (κ3) is 3.48. The highest BCUT2D eigenvalue weighted by Crippen LogP contribution is 2.27. The lowest BCUT2D eigenvalue weighted by Crippen LogP contribution is -2.29. The number of aryl methyl sites for hydroxylation is 2. The van der Waals surface area contributed by atoms with Gasteiger partial charge in [-0.2, -0.15) is 0 Å². The molecule has 0 aliphatic heterocycles. The molecule has 19 heavy (non-hydrogen) atoms. The highest BCUT2D eigenvalue weighted by Gasteiger charge is 2.22. The second kappa shape index (κ2) is 5.92. The fraction of sp³-hybridized carbons (Fsp3) is 0.571. The molecule has 1 rings (SSSR count). The number of hydrogen-bond acceptors (Lipinski definition) is 3. The van der Waals surface area contributed by atoms with Crippen molar-refractivity contribution < 1.29 is 8.42 Å². The molecule has 0 saturated heterocycles. The monoisotopic (exact) mass is 284 g/mol. The molecule has 0 spiro atoms. The van der Waals surface area contributed by atoms with E-state index < -0.39 is 10.0 Å². The number of nitrogens with one attached hydrogen (secondary N) is 1. The molecule has 0 fully saturated rings. The number of nitrogen functional groups attached to an aromatic ring is 1. The van der Waals surface area contributed by atoms with Gasteiger partial charge in [0, 0.05) is 12.2 Å². The van der Waals surface area contributed by atoms with Crippen LogP contribution in [0.2, 0.25) is 0 Å². The molecule has 0 aromatic heterocycles. The lowest BCUT2D eigenvalue weighted by molar-refractivity contribution is 0.528. The van der Waals surface area contributed by atoms with E-state index in [9.17, 15) is 8.42 Å². The van der Waals surface area contributed by atoms with Gasteiger partial charge in [-0.1, -0.05) is 26.3 Å². The van der Waals surface area contributed by atoms with Gasteiger partial charge in [0.25, 0.3) is 0 Å². The van der Waals surface area contributed by atoms with Crippen LogP contribution in [0.25, 0.3) is 0 Å². The molecule has 0 saturated carbocycles. The molecule has 0 aliphatic rings. The van der Waals surface area contributed by atoms with Crippen LogP contribution in [0.3, 0.4) is 0 Å². The topological polar surface area (TPSA) is 72.2 Å². The molecule has 1 atom stereocenters. The van der Waals surface area contributed by atoms with Crippen LogP contribution in [0.4, 0.5) is 5.69 Å². The molecule has 108 valence electrons. The molecule has 4 nitrogen and oxygen atoms in total. The molecule has 0 amide bonds. The summed E-state index contributed by atoms with van der Waals surface area (Å²) < 4.78 is 27.5. The summed E-state index contributed by atoms with van der Waals surface area (Å²) >= 11 is 0. The highest BCUT2D eigenvalue weighted by atomic mass is 32.2. The van der Waals surface area contributed by atoms with E-state index in [1.54, 1.807) is 13.8 Å². The predicted molar refractivity (Wildman–Crippen MR) is 79.7 cm³/mol. The summed E-state index contributed by atoms with van der Waals surface area (Å²) in [7, 11) is -3.50. The number of rotatable bonds is 5. The van der Waals surface area contributed by atoms with Crippen LogP contribution in [0.1, 0.15) is 37.0 Å². The van der Waals surface area contributed by atoms with Gasteiger partial charge in [0.05, 0.1) is 4.90 Å². The Morgan fingerprint density at radius 2 is 1.84 bits per heavy atom. The Bertz CT molecular complexity index is 565. The smallest absolute Gasteiger partial charge is 0.241 e. The molecule has 0 bridgehead atoms. The van der Waals surface area contributed by atoms with Gasteiger partial charge >= 0.3 is 0 Å². The third-order valence-electron chi connectivity index (χ3n) is 3.55. The van der Waals surface area contributed by atoms with Crippen LogP contribution in [-0.4, -0.2) is 15.0 Å². The second-order valence-electron chi connectivity index (χ2n) is 5.24. The van der Waals surface area contributed by atoms with E-state index in [-0.39, 0.29) is 0 Å². The van der Waals surface area contributed by atoms with Crippen molar-refractivity contribution in [2.45, 2.75) is 45.9 Å². The Morgan fingerprint density at radius 1 is 1.26 bits per heavy atom. The van der Waals surface area contributed by atoms with E-state index in [1.807, 2.05) is 26.8 Å². The van der Waals surface area contributed by atoms with Gasteiger partial charge in [-0.3, -0.25) is 0 Å². The van der Waals surface area contributed by atoms with Crippen molar-refractivity contribution in [3.8, 4) is 0 Å². The molecule has 1 unspecified atom stereocenters. The van der Waals surface area contributed by atoms with Crippen LogP contribution in [0.15, 0.2) is 11.0 Å². The Hall–Kier alpha value is -1.07. The zero-order valence-electron chi connectivity index (χ0n) is 12.4. The molecular formula is C14H24N2O2S. The third-order valence-corrected chi connectivity index (χ3v) is 5.26. The molecular weight excluding hydrogens is 260 g/mol. The lowest BCUT2D eigenvalue weighted by atomic mass is 10.1. The van der Waals surface area contributed by atoms with Crippen molar-refractivity contribution in [1.29, 1.82) is 0 Å². The molecule has 3 N–H and O–H groups in total. The first-order chi connectivity index (χ1) is 8.70. The quantitative estimate of drug-likeness (QED) is 0.816. The van der Waals surface area contributed by atoms with Gasteiger partial charge in [0.15, 0.2) is 0 Å². The summed E-state index contributed by atoms with van der Waals surface area (Å²) in [6, 6.07) is 1.82. The van der Waals surface area contributed by atoms with E-state index in [0.717, 1.165) is 17.5 Å². The van der Waals surface area contributed by atoms with Gasteiger partial charge < -0.3 is 5.73 Å². The van der Waals surface area contributed by atoms with Crippen LogP contribution in [0.5, 0.6) is 0 Å². The minimum atomic E-state index is -3.50. The maximum absolute atomic E-state index is 12.4. The first-order valence-corrected chi connectivity index (χ1v) is 8.05. The maximum Gasteiger partial charge on any atom is 0.241 e. The van der Waals surface area contributed by atoms with Crippen molar-refractivity contribution in [3.05, 3.63) is 22.8 Å². The summed E-state index contributed by atoms with van der Waals surface area (Å²) in [5.41, 5.74) is 8.77. The number of anilines is 1. The first kappa shape index (κ1) is 16.0. The molecule has 0 radical (unpaired) electrons. The number of sulfonamides is 1. The summed E-state index contributed by atoms with van der Waals surface area (Å²) in [6.45, 7) is 9.96. The van der Waals surface area contributed by atoms with Crippen molar-refractivity contribution in [1.82, 2.24) is 4.72 Å². The van der Waals surface area contributed by atoms with Crippen molar-refractivity contribution in [3.63, 3.8) is 0 Å². The first-order valence-electron chi connectivity index (χ1n) is 6.56. The van der Waals surface area contributed by atoms with E-state index >= 15 is 0 Å². The fourth-order valence-corrected chi connectivity index (χ4v) is 3.71. The maximum atomic E-state index is 12.4. The summed E-state index contributed by atoms with van der Waals surface area (Å²) in [5, 5.41) is 0. The van der Waals surface area contributed by atoms with Gasteiger partial charge in [0.1, 0.15) is 0 Å². The van der Waals surface area contributed by atoms with Crippen molar-refractivity contribution in [2.24, 2.45) is 5.92 Å². The molecule has 0 heterocycles. The van der Waals surface area contributed by atoms with Crippen molar-refractivity contribution in [2.75, 3.05) is 12.3 Å². The largest absolute Gasteiger partial charge is 0.398 e. The highest BCUT2D eigenvalue weighted by molar-refractivity contribution is 7.89. The minimum absolute atomic E-state index is 0.318. The summed E-state index contributed by atoms with van der Waals surface area (Å²) in [5.74, 6) is 0.318. The van der Waals surface area contributed by atoms with E-state index in [2.05, 4.69) is 4.72 Å². The van der Waals surface area contributed by atoms with E-state index in [4.69, 9.17) is 5.73 Å². The van der Waals surface area contributed by atoms with Crippen LogP contribution >= 0.6 is 0 Å². The normalized spacial score (nSPS) is 13.5. The van der Waals surface area contributed by atoms with Gasteiger partial charge in [-0.15, -0.1) is 0 Å². The standard InChI is InChI=1S/C14H24N2O2S/c1-6-9(2)8-16-19(17,18)14-11(4)7-10(3)13(15)12(14)5/h7,9,16H,6,8,15H2,1-5H3. The van der Waals surface area contributed by atoms with Crippen molar-refractivity contribution >= 4 is 15.7 Å². The zero-order valence-corrected chi connectivity index (χ0v) is 13.2. The Balaban J connectivity index is 3.19. The van der Waals surface area contributed by atoms with Crippen LogP contribution < -0.4 is 10.5 Å². The Morgan fingerprint density at radius 3 is 2.37 bits per heavy atom. The van der Waals surface area contributed by atoms with Gasteiger partial charge in [-0.05, 0) is 43.4 Å². The minimum Gasteiger partial charge on any atom is -0.398 e. The Kier molecular flexibility index (Phi) is 4.98. The number of hydrogen-bond donors (Lipinski definition) is 2. The van der Waals surface area contributed by atoms with E-state index in [1.165, 1.54) is 0 Å². The lowest BCUT2D eigenvalue weighted by Gasteiger charge is -2.17. The molecule has 0 aliphatic carbocycles. The number of benzene rings is 1. The summed E-state index contributed by atoms with van der Waals surface area (Å²) in [4.78, 5) is 0.318. The SMILES string of the molecule is CCC(C)CNS(=O)(=O)c1c(C)cc(C)c(N)c1C. The molecule has 5 heteroatoms.